The number of hydrogen-bond donors (Lipinski definition) is 3. The third-order valence-corrected chi connectivity index (χ3v) is 4.44. The molecule has 1 atom stereocenters. The van der Waals surface area contributed by atoms with Gasteiger partial charge in [0.05, 0.1) is 0 Å². The molecule has 0 radical (unpaired) electrons. The second-order valence-electron chi connectivity index (χ2n) is 6.73. The largest absolute Gasteiger partial charge is 0.480 e. The molecule has 0 aromatic heterocycles. The summed E-state index contributed by atoms with van der Waals surface area (Å²) in [5.74, 6) is -1.09. The van der Waals surface area contributed by atoms with E-state index in [4.69, 9.17) is 5.11 Å². The minimum Gasteiger partial charge on any atom is -0.480 e. The molecule has 0 saturated carbocycles. The van der Waals surface area contributed by atoms with Crippen LogP contribution in [0.3, 0.4) is 0 Å². The van der Waals surface area contributed by atoms with Gasteiger partial charge in [-0.1, -0.05) is 51.4 Å². The number of nitrogens with one attached hydrogen (secondary N) is 1. The van der Waals surface area contributed by atoms with E-state index in [1.54, 1.807) is 0 Å². The van der Waals surface area contributed by atoms with Crippen LogP contribution in [0.2, 0.25) is 0 Å². The molecule has 0 rings (SSSR count). The first-order valence-electron chi connectivity index (χ1n) is 9.25. The number of hydrogen-bond acceptors (Lipinski definition) is 4. The van der Waals surface area contributed by atoms with Crippen molar-refractivity contribution in [3.8, 4) is 0 Å². The van der Waals surface area contributed by atoms with Gasteiger partial charge < -0.3 is 15.3 Å². The van der Waals surface area contributed by atoms with Crippen molar-refractivity contribution in [3.05, 3.63) is 0 Å². The minimum atomic E-state index is -1.03. The van der Waals surface area contributed by atoms with Crippen LogP contribution in [0.25, 0.3) is 0 Å². The van der Waals surface area contributed by atoms with Crippen molar-refractivity contribution in [1.82, 2.24) is 10.2 Å². The zero-order valence-corrected chi connectivity index (χ0v) is 16.3. The molecule has 142 valence electrons. The molecule has 0 aromatic carbocycles. The molecule has 2 N–H and O–H groups in total. The van der Waals surface area contributed by atoms with Crippen LogP contribution in [0, 0.1) is 0 Å². The Labute approximate surface area is 153 Å². The number of aliphatic carboxylic acids is 1. The first-order valence-corrected chi connectivity index (χ1v) is 9.88. The molecule has 0 aliphatic carbocycles. The second-order valence-corrected chi connectivity index (χ2v) is 7.09. The average molecular weight is 361 g/mol. The number of amides is 1. The van der Waals surface area contributed by atoms with E-state index in [1.807, 2.05) is 0 Å². The predicted octanol–water partition coefficient (Wildman–Crippen LogP) is 3.34. The number of carbonyl (C=O) groups is 2. The Morgan fingerprint density at radius 3 is 1.79 bits per heavy atom. The summed E-state index contributed by atoms with van der Waals surface area (Å²) in [6.07, 6.45) is 12.5. The molecule has 0 saturated heterocycles. The molecule has 0 heterocycles. The maximum atomic E-state index is 11.6. The number of carbonyl (C=O) groups excluding carboxylic acids is 1. The SMILES string of the molecule is CN(C)CCCCCCCCCCCCC(=O)NC(CS)C(=O)O. The molecule has 0 aliphatic heterocycles. The number of unbranched alkanes of at least 4 members (excludes halogenated alkanes) is 9. The highest BCUT2D eigenvalue weighted by Crippen LogP contribution is 2.11. The fraction of sp³-hybridized carbons (Fsp3) is 0.889. The van der Waals surface area contributed by atoms with Crippen LogP contribution in [-0.4, -0.2) is 54.3 Å². The summed E-state index contributed by atoms with van der Waals surface area (Å²) in [5, 5.41) is 11.3. The normalized spacial score (nSPS) is 12.3. The van der Waals surface area contributed by atoms with Gasteiger partial charge in [0, 0.05) is 12.2 Å². The van der Waals surface area contributed by atoms with Gasteiger partial charge in [-0.3, -0.25) is 4.79 Å². The van der Waals surface area contributed by atoms with Gasteiger partial charge in [0.25, 0.3) is 0 Å². The molecule has 1 amide bonds. The van der Waals surface area contributed by atoms with Crippen LogP contribution >= 0.6 is 12.6 Å². The zero-order chi connectivity index (χ0) is 18.2. The minimum absolute atomic E-state index is 0.121. The lowest BCUT2D eigenvalue weighted by molar-refractivity contribution is -0.141. The van der Waals surface area contributed by atoms with Crippen LogP contribution in [0.1, 0.15) is 70.6 Å². The number of carboxylic acids is 1. The van der Waals surface area contributed by atoms with Gasteiger partial charge in [-0.05, 0) is 33.5 Å². The van der Waals surface area contributed by atoms with Gasteiger partial charge >= 0.3 is 5.97 Å². The molecule has 24 heavy (non-hydrogen) atoms. The molecule has 6 heteroatoms. The third kappa shape index (κ3) is 14.8. The number of rotatable bonds is 16. The van der Waals surface area contributed by atoms with Crippen LogP contribution < -0.4 is 5.32 Å². The highest BCUT2D eigenvalue weighted by molar-refractivity contribution is 7.80. The Kier molecular flexibility index (Phi) is 15.3. The fourth-order valence-electron chi connectivity index (χ4n) is 2.58. The van der Waals surface area contributed by atoms with Crippen molar-refractivity contribution in [3.63, 3.8) is 0 Å². The molecule has 5 nitrogen and oxygen atoms in total. The zero-order valence-electron chi connectivity index (χ0n) is 15.4. The quantitative estimate of drug-likeness (QED) is 0.292. The summed E-state index contributed by atoms with van der Waals surface area (Å²) >= 11 is 3.92. The summed E-state index contributed by atoms with van der Waals surface area (Å²) in [4.78, 5) is 24.6. The van der Waals surface area contributed by atoms with Crippen molar-refractivity contribution in [2.45, 2.75) is 76.7 Å². The van der Waals surface area contributed by atoms with Gasteiger partial charge in [-0.2, -0.15) is 12.6 Å². The van der Waals surface area contributed by atoms with Crippen molar-refractivity contribution in [2.75, 3.05) is 26.4 Å². The molecule has 1 unspecified atom stereocenters. The van der Waals surface area contributed by atoms with Crippen LogP contribution in [0.15, 0.2) is 0 Å². The molecular formula is C18H36N2O3S. The smallest absolute Gasteiger partial charge is 0.327 e. The Morgan fingerprint density at radius 1 is 0.917 bits per heavy atom. The van der Waals surface area contributed by atoms with Crippen molar-refractivity contribution < 1.29 is 14.7 Å². The van der Waals surface area contributed by atoms with E-state index in [2.05, 4.69) is 36.9 Å². The van der Waals surface area contributed by atoms with E-state index >= 15 is 0 Å². The topological polar surface area (TPSA) is 69.6 Å². The van der Waals surface area contributed by atoms with E-state index in [0.717, 1.165) is 19.3 Å². The lowest BCUT2D eigenvalue weighted by Crippen LogP contribution is -2.42. The van der Waals surface area contributed by atoms with Crippen LogP contribution in [-0.2, 0) is 9.59 Å². The van der Waals surface area contributed by atoms with Gasteiger partial charge in [0.1, 0.15) is 6.04 Å². The average Bonchev–Trinajstić information content (AvgIpc) is 2.53. The van der Waals surface area contributed by atoms with Crippen LogP contribution in [0.4, 0.5) is 0 Å². The monoisotopic (exact) mass is 360 g/mol. The maximum Gasteiger partial charge on any atom is 0.327 e. The molecule has 0 aromatic rings. The summed E-state index contributed by atoms with van der Waals surface area (Å²) in [6.45, 7) is 1.19. The predicted molar refractivity (Wildman–Crippen MR) is 103 cm³/mol. The van der Waals surface area contributed by atoms with E-state index in [9.17, 15) is 9.59 Å². The molecular weight excluding hydrogens is 324 g/mol. The van der Waals surface area contributed by atoms with Crippen molar-refractivity contribution in [1.29, 1.82) is 0 Å². The van der Waals surface area contributed by atoms with E-state index in [1.165, 1.54) is 51.5 Å². The Balaban J connectivity index is 3.33. The third-order valence-electron chi connectivity index (χ3n) is 4.08. The van der Waals surface area contributed by atoms with E-state index in [0.29, 0.717) is 6.42 Å². The van der Waals surface area contributed by atoms with Gasteiger partial charge in [0.2, 0.25) is 5.91 Å². The van der Waals surface area contributed by atoms with E-state index < -0.39 is 12.0 Å². The van der Waals surface area contributed by atoms with Gasteiger partial charge in [-0.25, -0.2) is 4.79 Å². The summed E-state index contributed by atoms with van der Waals surface area (Å²) in [6, 6.07) is -0.876. The number of carboxylic acid groups (broad SMARTS) is 1. The fourth-order valence-corrected chi connectivity index (χ4v) is 2.83. The van der Waals surface area contributed by atoms with Crippen molar-refractivity contribution >= 4 is 24.5 Å². The summed E-state index contributed by atoms with van der Waals surface area (Å²) < 4.78 is 0. The second kappa shape index (κ2) is 15.8. The maximum absolute atomic E-state index is 11.6. The lowest BCUT2D eigenvalue weighted by Gasteiger charge is -2.11. The molecule has 0 spiro atoms. The van der Waals surface area contributed by atoms with Gasteiger partial charge in [-0.15, -0.1) is 0 Å². The molecule has 0 bridgehead atoms. The summed E-state index contributed by atoms with van der Waals surface area (Å²) in [5.41, 5.74) is 0. The highest BCUT2D eigenvalue weighted by Gasteiger charge is 2.17. The lowest BCUT2D eigenvalue weighted by atomic mass is 10.1. The van der Waals surface area contributed by atoms with Gasteiger partial charge in [0.15, 0.2) is 0 Å². The Morgan fingerprint density at radius 2 is 1.38 bits per heavy atom. The Bertz CT molecular complexity index is 338. The van der Waals surface area contributed by atoms with Crippen molar-refractivity contribution in [2.24, 2.45) is 0 Å². The molecule has 0 aliphatic rings. The molecule has 0 fully saturated rings. The highest BCUT2D eigenvalue weighted by atomic mass is 32.1. The summed E-state index contributed by atoms with van der Waals surface area (Å²) in [7, 11) is 4.24. The van der Waals surface area contributed by atoms with Crippen LogP contribution in [0.5, 0.6) is 0 Å². The number of nitrogens with zero attached hydrogens (tertiary/aromatic N) is 1. The first kappa shape index (κ1) is 23.2. The standard InChI is InChI=1S/C18H36N2O3S/c1-20(2)14-12-10-8-6-4-3-5-7-9-11-13-17(21)19-16(15-24)18(22)23/h16,24H,3-15H2,1-2H3,(H,19,21)(H,22,23). The Hall–Kier alpha value is -0.750. The number of thiol groups is 1. The first-order chi connectivity index (χ1) is 11.5. The van der Waals surface area contributed by atoms with E-state index in [-0.39, 0.29) is 11.7 Å².